The molecule has 2 aliphatic rings. The van der Waals surface area contributed by atoms with Crippen molar-refractivity contribution in [3.05, 3.63) is 45.5 Å². The van der Waals surface area contributed by atoms with Crippen molar-refractivity contribution in [2.45, 2.75) is 64.2 Å². The van der Waals surface area contributed by atoms with Crippen LogP contribution in [0, 0.1) is 6.92 Å². The number of aromatic amines is 1. The van der Waals surface area contributed by atoms with Crippen molar-refractivity contribution in [1.29, 1.82) is 0 Å². The SMILES string of the molecule is Cc1cc(N2CCC3(CCc4c3nc(C(C)(C)C)[nH]c4=O)CC2)ncn1. The lowest BCUT2D eigenvalue weighted by molar-refractivity contribution is 0.320. The maximum atomic E-state index is 12.6. The Morgan fingerprint density at radius 1 is 1.15 bits per heavy atom. The predicted molar refractivity (Wildman–Crippen MR) is 102 cm³/mol. The number of nitrogens with zero attached hydrogens (tertiary/aromatic N) is 4. The van der Waals surface area contributed by atoms with Crippen LogP contribution in [0.5, 0.6) is 0 Å². The van der Waals surface area contributed by atoms with Crippen molar-refractivity contribution in [2.24, 2.45) is 0 Å². The van der Waals surface area contributed by atoms with Gasteiger partial charge in [-0.3, -0.25) is 4.79 Å². The largest absolute Gasteiger partial charge is 0.356 e. The van der Waals surface area contributed by atoms with Crippen LogP contribution in [0.15, 0.2) is 17.2 Å². The van der Waals surface area contributed by atoms with Gasteiger partial charge < -0.3 is 9.88 Å². The Hall–Kier alpha value is -2.24. The first-order chi connectivity index (χ1) is 12.3. The summed E-state index contributed by atoms with van der Waals surface area (Å²) in [4.78, 5) is 31.5. The number of piperidine rings is 1. The van der Waals surface area contributed by atoms with Crippen molar-refractivity contribution in [2.75, 3.05) is 18.0 Å². The number of H-pyrrole nitrogens is 1. The summed E-state index contributed by atoms with van der Waals surface area (Å²) in [6.45, 7) is 10.2. The van der Waals surface area contributed by atoms with Crippen LogP contribution in [0.1, 0.15) is 62.8 Å². The molecule has 3 heterocycles. The molecule has 1 spiro atoms. The first-order valence-electron chi connectivity index (χ1n) is 9.46. The monoisotopic (exact) mass is 353 g/mol. The Balaban J connectivity index is 1.64. The first kappa shape index (κ1) is 17.2. The summed E-state index contributed by atoms with van der Waals surface area (Å²) in [6, 6.07) is 2.04. The van der Waals surface area contributed by atoms with Gasteiger partial charge in [-0.05, 0) is 32.6 Å². The molecular formula is C20H27N5O. The molecule has 2 aromatic heterocycles. The fraction of sp³-hybridized carbons (Fsp3) is 0.600. The summed E-state index contributed by atoms with van der Waals surface area (Å²) in [5.74, 6) is 1.80. The fourth-order valence-corrected chi connectivity index (χ4v) is 4.27. The molecule has 0 aromatic carbocycles. The zero-order chi connectivity index (χ0) is 18.5. The second kappa shape index (κ2) is 5.89. The van der Waals surface area contributed by atoms with Crippen LogP contribution in [-0.4, -0.2) is 33.0 Å². The highest BCUT2D eigenvalue weighted by Crippen LogP contribution is 2.45. The summed E-state index contributed by atoms with van der Waals surface area (Å²) in [5, 5.41) is 0. The number of hydrogen-bond acceptors (Lipinski definition) is 5. The van der Waals surface area contributed by atoms with E-state index in [-0.39, 0.29) is 16.4 Å². The van der Waals surface area contributed by atoms with E-state index in [4.69, 9.17) is 4.98 Å². The van der Waals surface area contributed by atoms with E-state index in [1.807, 2.05) is 13.0 Å². The minimum Gasteiger partial charge on any atom is -0.356 e. The molecule has 4 rings (SSSR count). The normalized spacial score (nSPS) is 19.0. The molecule has 0 radical (unpaired) electrons. The number of anilines is 1. The Morgan fingerprint density at radius 3 is 2.54 bits per heavy atom. The van der Waals surface area contributed by atoms with Crippen molar-refractivity contribution in [3.8, 4) is 0 Å². The fourth-order valence-electron chi connectivity index (χ4n) is 4.27. The first-order valence-corrected chi connectivity index (χ1v) is 9.46. The molecule has 1 aliphatic carbocycles. The van der Waals surface area contributed by atoms with E-state index < -0.39 is 0 Å². The third-order valence-corrected chi connectivity index (χ3v) is 5.92. The molecule has 0 amide bonds. The lowest BCUT2D eigenvalue weighted by Crippen LogP contribution is -2.43. The van der Waals surface area contributed by atoms with E-state index in [0.29, 0.717) is 0 Å². The molecule has 138 valence electrons. The number of rotatable bonds is 1. The topological polar surface area (TPSA) is 74.8 Å². The highest BCUT2D eigenvalue weighted by atomic mass is 16.1. The smallest absolute Gasteiger partial charge is 0.254 e. The molecule has 0 unspecified atom stereocenters. The zero-order valence-electron chi connectivity index (χ0n) is 16.1. The van der Waals surface area contributed by atoms with E-state index >= 15 is 0 Å². The van der Waals surface area contributed by atoms with Crippen LogP contribution in [0.4, 0.5) is 5.82 Å². The lowest BCUT2D eigenvalue weighted by atomic mass is 9.76. The van der Waals surface area contributed by atoms with Crippen LogP contribution in [0.25, 0.3) is 0 Å². The number of hydrogen-bond donors (Lipinski definition) is 1. The number of fused-ring (bicyclic) bond motifs is 2. The number of aryl methyl sites for hydroxylation is 1. The lowest BCUT2D eigenvalue weighted by Gasteiger charge is -2.40. The van der Waals surface area contributed by atoms with Crippen molar-refractivity contribution >= 4 is 5.82 Å². The molecule has 1 fully saturated rings. The molecule has 2 aromatic rings. The molecule has 0 atom stereocenters. The Kier molecular flexibility index (Phi) is 3.90. The van der Waals surface area contributed by atoms with Gasteiger partial charge in [0.25, 0.3) is 5.56 Å². The maximum Gasteiger partial charge on any atom is 0.254 e. The van der Waals surface area contributed by atoms with E-state index in [1.54, 1.807) is 6.33 Å². The summed E-state index contributed by atoms with van der Waals surface area (Å²) >= 11 is 0. The van der Waals surface area contributed by atoms with E-state index in [9.17, 15) is 4.79 Å². The standard InChI is InChI=1S/C20H27N5O/c1-13-11-15(22-12-21-13)25-9-7-20(8-10-25)6-5-14-16(20)23-18(19(2,3)4)24-17(14)26/h11-12H,5-10H2,1-4H3,(H,23,24,26). The third kappa shape index (κ3) is 2.81. The molecule has 1 saturated heterocycles. The molecule has 0 bridgehead atoms. The Morgan fingerprint density at radius 2 is 1.88 bits per heavy atom. The molecule has 6 nitrogen and oxygen atoms in total. The third-order valence-electron chi connectivity index (χ3n) is 5.92. The second-order valence-corrected chi connectivity index (χ2v) is 8.78. The van der Waals surface area contributed by atoms with E-state index in [2.05, 4.69) is 40.6 Å². The molecule has 1 N–H and O–H groups in total. The van der Waals surface area contributed by atoms with Crippen LogP contribution >= 0.6 is 0 Å². The van der Waals surface area contributed by atoms with E-state index in [1.165, 1.54) is 0 Å². The summed E-state index contributed by atoms with van der Waals surface area (Å²) in [6.07, 6.45) is 5.54. The van der Waals surface area contributed by atoms with Crippen molar-refractivity contribution in [3.63, 3.8) is 0 Å². The molecular weight excluding hydrogens is 326 g/mol. The van der Waals surface area contributed by atoms with Gasteiger partial charge in [-0.25, -0.2) is 15.0 Å². The van der Waals surface area contributed by atoms with Crippen molar-refractivity contribution < 1.29 is 0 Å². The average molecular weight is 353 g/mol. The summed E-state index contributed by atoms with van der Waals surface area (Å²) in [5.41, 5.74) is 2.91. The van der Waals surface area contributed by atoms with Crippen LogP contribution in [0.3, 0.4) is 0 Å². The highest BCUT2D eigenvalue weighted by Gasteiger charge is 2.44. The Labute approximate surface area is 154 Å². The maximum absolute atomic E-state index is 12.6. The molecule has 1 aliphatic heterocycles. The van der Waals surface area contributed by atoms with Gasteiger partial charge in [-0.1, -0.05) is 20.8 Å². The predicted octanol–water partition coefficient (Wildman–Crippen LogP) is 2.65. The Bertz CT molecular complexity index is 888. The minimum atomic E-state index is -0.156. The van der Waals surface area contributed by atoms with Gasteiger partial charge in [-0.2, -0.15) is 0 Å². The molecule has 6 heteroatoms. The average Bonchev–Trinajstić information content (AvgIpc) is 2.94. The highest BCUT2D eigenvalue weighted by molar-refractivity contribution is 5.42. The molecule has 26 heavy (non-hydrogen) atoms. The summed E-state index contributed by atoms with van der Waals surface area (Å²) in [7, 11) is 0. The van der Waals surface area contributed by atoms with Crippen LogP contribution < -0.4 is 10.5 Å². The van der Waals surface area contributed by atoms with Crippen LogP contribution in [-0.2, 0) is 17.3 Å². The zero-order valence-corrected chi connectivity index (χ0v) is 16.1. The second-order valence-electron chi connectivity index (χ2n) is 8.78. The van der Waals surface area contributed by atoms with Gasteiger partial charge >= 0.3 is 0 Å². The van der Waals surface area contributed by atoms with Gasteiger partial charge in [0.15, 0.2) is 0 Å². The van der Waals surface area contributed by atoms with Gasteiger partial charge in [0.1, 0.15) is 18.0 Å². The van der Waals surface area contributed by atoms with Gasteiger partial charge in [0, 0.05) is 41.2 Å². The number of aromatic nitrogens is 4. The summed E-state index contributed by atoms with van der Waals surface area (Å²) < 4.78 is 0. The van der Waals surface area contributed by atoms with Gasteiger partial charge in [0.2, 0.25) is 0 Å². The van der Waals surface area contributed by atoms with Gasteiger partial charge in [-0.15, -0.1) is 0 Å². The van der Waals surface area contributed by atoms with Gasteiger partial charge in [0.05, 0.1) is 5.69 Å². The number of nitrogens with one attached hydrogen (secondary N) is 1. The van der Waals surface area contributed by atoms with E-state index in [0.717, 1.165) is 67.4 Å². The minimum absolute atomic E-state index is 0.0438. The molecule has 0 saturated carbocycles. The van der Waals surface area contributed by atoms with Crippen molar-refractivity contribution in [1.82, 2.24) is 19.9 Å². The quantitative estimate of drug-likeness (QED) is 0.853. The van der Waals surface area contributed by atoms with Crippen LogP contribution in [0.2, 0.25) is 0 Å².